The zero-order chi connectivity index (χ0) is 21.4. The summed E-state index contributed by atoms with van der Waals surface area (Å²) in [7, 11) is 3.15. The van der Waals surface area contributed by atoms with E-state index in [9.17, 15) is 9.59 Å². The topological polar surface area (TPSA) is 58.6 Å². The minimum Gasteiger partial charge on any atom is -0.497 e. The molecule has 2 aromatic rings. The van der Waals surface area contributed by atoms with E-state index in [1.807, 2.05) is 30.3 Å². The van der Waals surface area contributed by atoms with Crippen LogP contribution < -0.4 is 10.1 Å². The first-order valence-electron chi connectivity index (χ1n) is 9.01. The second kappa shape index (κ2) is 11.3. The van der Waals surface area contributed by atoms with E-state index in [1.165, 1.54) is 11.8 Å². The van der Waals surface area contributed by atoms with Crippen molar-refractivity contribution < 1.29 is 14.3 Å². The number of likely N-dealkylation sites (N-methyl/N-ethyl adjacent to an activating group) is 1. The molecule has 0 aliphatic carbocycles. The number of hydrogen-bond acceptors (Lipinski definition) is 4. The molecule has 8 heteroatoms. The summed E-state index contributed by atoms with van der Waals surface area (Å²) in [6, 6.07) is 12.2. The maximum Gasteiger partial charge on any atom is 0.242 e. The number of nitrogens with zero attached hydrogens (tertiary/aromatic N) is 1. The molecule has 0 heterocycles. The molecule has 2 rings (SSSR count). The van der Waals surface area contributed by atoms with Gasteiger partial charge in [0.05, 0.1) is 12.9 Å². The largest absolute Gasteiger partial charge is 0.497 e. The molecule has 0 aliphatic rings. The molecule has 156 valence electrons. The lowest BCUT2D eigenvalue weighted by Crippen LogP contribution is -2.47. The number of amides is 2. The Morgan fingerprint density at radius 1 is 1.21 bits per heavy atom. The monoisotopic (exact) mass is 454 g/mol. The van der Waals surface area contributed by atoms with E-state index in [-0.39, 0.29) is 17.6 Å². The molecule has 0 radical (unpaired) electrons. The molecule has 29 heavy (non-hydrogen) atoms. The molecule has 0 saturated heterocycles. The van der Waals surface area contributed by atoms with Gasteiger partial charge in [0.2, 0.25) is 11.8 Å². The number of ether oxygens (including phenoxy) is 1. The fourth-order valence-corrected chi connectivity index (χ4v) is 4.20. The first-order chi connectivity index (χ1) is 13.8. The van der Waals surface area contributed by atoms with E-state index in [0.29, 0.717) is 28.1 Å². The van der Waals surface area contributed by atoms with Crippen LogP contribution in [0.4, 0.5) is 0 Å². The standard InChI is InChI=1S/C21H24Cl2N2O3S/c1-14(21(27)24-2)25(11-15-5-4-6-18(9-15)28-3)20(26)13-29-12-16-7-8-17(22)10-19(16)23/h4-10,14H,11-13H2,1-3H3,(H,24,27)/t14-/m1/s1. The molecular weight excluding hydrogens is 431 g/mol. The van der Waals surface area contributed by atoms with Crippen LogP contribution in [0.5, 0.6) is 5.75 Å². The molecule has 0 spiro atoms. The zero-order valence-corrected chi connectivity index (χ0v) is 18.9. The van der Waals surface area contributed by atoms with Gasteiger partial charge in [-0.2, -0.15) is 0 Å². The Kier molecular flexibility index (Phi) is 9.14. The van der Waals surface area contributed by atoms with Crippen molar-refractivity contribution in [3.63, 3.8) is 0 Å². The summed E-state index contributed by atoms with van der Waals surface area (Å²) in [6.07, 6.45) is 0. The summed E-state index contributed by atoms with van der Waals surface area (Å²) in [5.74, 6) is 1.16. The lowest BCUT2D eigenvalue weighted by atomic mass is 10.1. The number of benzene rings is 2. The Morgan fingerprint density at radius 2 is 1.97 bits per heavy atom. The van der Waals surface area contributed by atoms with Gasteiger partial charge in [-0.25, -0.2) is 0 Å². The highest BCUT2D eigenvalue weighted by molar-refractivity contribution is 7.99. The van der Waals surface area contributed by atoms with Crippen LogP contribution >= 0.6 is 35.0 Å². The molecule has 1 atom stereocenters. The molecule has 0 bridgehead atoms. The Morgan fingerprint density at radius 3 is 2.62 bits per heavy atom. The van der Waals surface area contributed by atoms with Gasteiger partial charge in [0.15, 0.2) is 0 Å². The average molecular weight is 455 g/mol. The van der Waals surface area contributed by atoms with Crippen molar-refractivity contribution in [2.45, 2.75) is 25.3 Å². The third-order valence-electron chi connectivity index (χ3n) is 4.40. The van der Waals surface area contributed by atoms with Gasteiger partial charge in [-0.15, -0.1) is 11.8 Å². The highest BCUT2D eigenvalue weighted by atomic mass is 35.5. The molecule has 2 aromatic carbocycles. The zero-order valence-electron chi connectivity index (χ0n) is 16.6. The van der Waals surface area contributed by atoms with Gasteiger partial charge in [0, 0.05) is 29.4 Å². The van der Waals surface area contributed by atoms with Crippen LogP contribution in [0.1, 0.15) is 18.1 Å². The number of carbonyl (C=O) groups is 2. The van der Waals surface area contributed by atoms with Crippen molar-refractivity contribution in [3.05, 3.63) is 63.6 Å². The third kappa shape index (κ3) is 6.84. The predicted octanol–water partition coefficient (Wildman–Crippen LogP) is 4.40. The quantitative estimate of drug-likeness (QED) is 0.609. The molecule has 0 fully saturated rings. The lowest BCUT2D eigenvalue weighted by molar-refractivity contribution is -0.138. The Hall–Kier alpha value is -1.89. The smallest absolute Gasteiger partial charge is 0.242 e. The molecular formula is C21H24Cl2N2O3S. The SMILES string of the molecule is CNC(=O)[C@@H](C)N(Cc1cccc(OC)c1)C(=O)CSCc1ccc(Cl)cc1Cl. The fraction of sp³-hybridized carbons (Fsp3) is 0.333. The number of halogens is 2. The number of thioether (sulfide) groups is 1. The van der Waals surface area contributed by atoms with Gasteiger partial charge in [0.25, 0.3) is 0 Å². The summed E-state index contributed by atoms with van der Waals surface area (Å²) < 4.78 is 5.25. The van der Waals surface area contributed by atoms with E-state index < -0.39 is 6.04 Å². The van der Waals surface area contributed by atoms with Crippen LogP contribution in [-0.2, 0) is 21.9 Å². The predicted molar refractivity (Wildman–Crippen MR) is 120 cm³/mol. The minimum absolute atomic E-state index is 0.126. The van der Waals surface area contributed by atoms with Crippen molar-refractivity contribution in [1.82, 2.24) is 10.2 Å². The molecule has 1 N–H and O–H groups in total. The van der Waals surface area contributed by atoms with E-state index in [0.717, 1.165) is 11.1 Å². The second-order valence-corrected chi connectivity index (χ2v) is 8.22. The molecule has 0 unspecified atom stereocenters. The molecule has 2 amide bonds. The number of rotatable bonds is 9. The van der Waals surface area contributed by atoms with E-state index >= 15 is 0 Å². The van der Waals surface area contributed by atoms with Gasteiger partial charge in [-0.3, -0.25) is 9.59 Å². The van der Waals surface area contributed by atoms with Gasteiger partial charge in [-0.05, 0) is 42.3 Å². The van der Waals surface area contributed by atoms with Crippen molar-refractivity contribution in [3.8, 4) is 5.75 Å². The summed E-state index contributed by atoms with van der Waals surface area (Å²) in [4.78, 5) is 26.7. The third-order valence-corrected chi connectivity index (χ3v) is 5.95. The van der Waals surface area contributed by atoms with Crippen LogP contribution in [0, 0.1) is 0 Å². The van der Waals surface area contributed by atoms with Crippen molar-refractivity contribution in [2.75, 3.05) is 19.9 Å². The van der Waals surface area contributed by atoms with E-state index in [4.69, 9.17) is 27.9 Å². The highest BCUT2D eigenvalue weighted by Gasteiger charge is 2.25. The fourth-order valence-electron chi connectivity index (χ4n) is 2.73. The van der Waals surface area contributed by atoms with Crippen LogP contribution in [0.15, 0.2) is 42.5 Å². The van der Waals surface area contributed by atoms with Crippen molar-refractivity contribution in [1.29, 1.82) is 0 Å². The molecule has 0 aliphatic heterocycles. The van der Waals surface area contributed by atoms with E-state index in [2.05, 4.69) is 5.32 Å². The summed E-state index contributed by atoms with van der Waals surface area (Å²) >= 11 is 13.6. The van der Waals surface area contributed by atoms with Gasteiger partial charge < -0.3 is 15.0 Å². The van der Waals surface area contributed by atoms with Gasteiger partial charge in [0.1, 0.15) is 11.8 Å². The first kappa shape index (κ1) is 23.4. The first-order valence-corrected chi connectivity index (χ1v) is 10.9. The van der Waals surface area contributed by atoms with Crippen LogP contribution in [-0.4, -0.2) is 42.7 Å². The molecule has 0 aromatic heterocycles. The van der Waals surface area contributed by atoms with Crippen LogP contribution in [0.25, 0.3) is 0 Å². The maximum absolute atomic E-state index is 12.9. The van der Waals surface area contributed by atoms with Crippen LogP contribution in [0.2, 0.25) is 10.0 Å². The number of carbonyl (C=O) groups excluding carboxylic acids is 2. The highest BCUT2D eigenvalue weighted by Crippen LogP contribution is 2.25. The second-order valence-electron chi connectivity index (χ2n) is 6.39. The number of hydrogen-bond donors (Lipinski definition) is 1. The van der Waals surface area contributed by atoms with Gasteiger partial charge >= 0.3 is 0 Å². The van der Waals surface area contributed by atoms with Crippen LogP contribution in [0.3, 0.4) is 0 Å². The normalized spacial score (nSPS) is 11.6. The summed E-state index contributed by atoms with van der Waals surface area (Å²) in [5, 5.41) is 3.76. The van der Waals surface area contributed by atoms with Gasteiger partial charge in [-0.1, -0.05) is 41.4 Å². The lowest BCUT2D eigenvalue weighted by Gasteiger charge is -2.28. The Balaban J connectivity index is 2.08. The van der Waals surface area contributed by atoms with Crippen molar-refractivity contribution >= 4 is 46.8 Å². The number of nitrogens with one attached hydrogen (secondary N) is 1. The summed E-state index contributed by atoms with van der Waals surface area (Å²) in [5.41, 5.74) is 1.80. The minimum atomic E-state index is -0.599. The molecule has 5 nitrogen and oxygen atoms in total. The Bertz CT molecular complexity index is 864. The van der Waals surface area contributed by atoms with Crippen molar-refractivity contribution in [2.24, 2.45) is 0 Å². The Labute approximate surface area is 185 Å². The van der Waals surface area contributed by atoms with E-state index in [1.54, 1.807) is 38.1 Å². The summed E-state index contributed by atoms with van der Waals surface area (Å²) in [6.45, 7) is 2.03. The maximum atomic E-state index is 12.9. The molecule has 0 saturated carbocycles. The average Bonchev–Trinajstić information content (AvgIpc) is 2.72. The number of methoxy groups -OCH3 is 1.